The Bertz CT molecular complexity index is 1560. The van der Waals surface area contributed by atoms with Gasteiger partial charge in [-0.2, -0.15) is 0 Å². The summed E-state index contributed by atoms with van der Waals surface area (Å²) in [5.41, 5.74) is 2.08. The molecule has 0 aliphatic heterocycles. The molecule has 0 saturated carbocycles. The smallest absolute Gasteiger partial charge is 0.341 e. The van der Waals surface area contributed by atoms with Gasteiger partial charge < -0.3 is 24.5 Å². The molecule has 0 fully saturated rings. The minimum atomic E-state index is -0.606. The third-order valence-electron chi connectivity index (χ3n) is 6.47. The number of carbonyl (C=O) groups is 3. The van der Waals surface area contributed by atoms with E-state index in [1.165, 1.54) is 29.4 Å². The topological polar surface area (TPSA) is 138 Å². The van der Waals surface area contributed by atoms with Crippen LogP contribution in [0.25, 0.3) is 5.69 Å². The third-order valence-corrected chi connectivity index (χ3v) is 8.72. The first-order chi connectivity index (χ1) is 19.9. The molecule has 1 aliphatic carbocycles. The lowest BCUT2D eigenvalue weighted by Gasteiger charge is -2.16. The molecule has 1 atom stereocenters. The number of methoxy groups -OCH3 is 1. The molecule has 2 N–H and O–H groups in total. The summed E-state index contributed by atoms with van der Waals surface area (Å²) in [6.07, 6.45) is 4.08. The molecule has 2 amide bonds. The van der Waals surface area contributed by atoms with Gasteiger partial charge in [0.1, 0.15) is 10.8 Å². The summed E-state index contributed by atoms with van der Waals surface area (Å²) < 4.78 is 17.8. The van der Waals surface area contributed by atoms with Crippen LogP contribution in [-0.4, -0.2) is 51.5 Å². The van der Waals surface area contributed by atoms with Crippen molar-refractivity contribution >= 4 is 45.9 Å². The number of thioether (sulfide) groups is 1. The van der Waals surface area contributed by atoms with E-state index in [-0.39, 0.29) is 24.8 Å². The molecule has 1 aliphatic rings. The Morgan fingerprint density at radius 1 is 1.17 bits per heavy atom. The summed E-state index contributed by atoms with van der Waals surface area (Å²) in [6, 6.07) is 10.5. The lowest BCUT2D eigenvalue weighted by atomic mass is 10.1. The molecule has 0 bridgehead atoms. The van der Waals surface area contributed by atoms with Gasteiger partial charge in [-0.25, -0.2) is 4.79 Å². The van der Waals surface area contributed by atoms with E-state index >= 15 is 0 Å². The highest BCUT2D eigenvalue weighted by Crippen LogP contribution is 2.40. The Kier molecular flexibility index (Phi) is 8.74. The van der Waals surface area contributed by atoms with E-state index in [4.69, 9.17) is 13.9 Å². The Hall–Kier alpha value is -4.10. The second-order valence-electron chi connectivity index (χ2n) is 9.10. The van der Waals surface area contributed by atoms with Gasteiger partial charge >= 0.3 is 5.97 Å². The third kappa shape index (κ3) is 6.00. The summed E-state index contributed by atoms with van der Waals surface area (Å²) in [6.45, 7) is 3.82. The number of carbonyl (C=O) groups excluding carboxylic acids is 3. The van der Waals surface area contributed by atoms with Crippen LogP contribution in [0.1, 0.15) is 57.4 Å². The average Bonchev–Trinajstić information content (AvgIpc) is 3.77. The summed E-state index contributed by atoms with van der Waals surface area (Å²) in [4.78, 5) is 39.7. The average molecular weight is 596 g/mol. The van der Waals surface area contributed by atoms with Crippen LogP contribution in [0.2, 0.25) is 0 Å². The normalized spacial score (nSPS) is 13.0. The van der Waals surface area contributed by atoms with E-state index in [1.54, 1.807) is 43.7 Å². The van der Waals surface area contributed by atoms with Crippen LogP contribution in [0.15, 0.2) is 52.2 Å². The first-order valence-electron chi connectivity index (χ1n) is 13.1. The van der Waals surface area contributed by atoms with E-state index < -0.39 is 17.1 Å². The highest BCUT2D eigenvalue weighted by atomic mass is 32.2. The maximum atomic E-state index is 13.4. The van der Waals surface area contributed by atoms with E-state index in [9.17, 15) is 14.4 Å². The number of fused-ring (bicyclic) bond motifs is 1. The molecule has 0 radical (unpaired) electrons. The quantitative estimate of drug-likeness (QED) is 0.188. The van der Waals surface area contributed by atoms with Gasteiger partial charge in [0.2, 0.25) is 5.91 Å². The maximum absolute atomic E-state index is 13.4. The van der Waals surface area contributed by atoms with E-state index in [0.29, 0.717) is 33.0 Å². The van der Waals surface area contributed by atoms with Crippen molar-refractivity contribution in [2.75, 3.05) is 19.0 Å². The Labute approximate surface area is 244 Å². The van der Waals surface area contributed by atoms with Gasteiger partial charge in [0.25, 0.3) is 5.91 Å². The number of furan rings is 1. The minimum Gasteiger partial charge on any atom is -0.495 e. The highest BCUT2D eigenvalue weighted by molar-refractivity contribution is 8.00. The lowest BCUT2D eigenvalue weighted by molar-refractivity contribution is -0.115. The number of hydrogen-bond donors (Lipinski definition) is 2. The Morgan fingerprint density at radius 2 is 2.00 bits per heavy atom. The molecule has 41 heavy (non-hydrogen) atoms. The van der Waals surface area contributed by atoms with Crippen LogP contribution < -0.4 is 15.4 Å². The van der Waals surface area contributed by atoms with Gasteiger partial charge in [0.05, 0.1) is 43.0 Å². The SMILES string of the molecule is CCOC(=O)c1c(NC(=O)[C@H](C)Sc2nnc(CNC(=O)c3ccco3)n2-c2ccccc2OC)sc2c1CCC2. The molecule has 5 rings (SSSR count). The van der Waals surface area contributed by atoms with Crippen LogP contribution in [-0.2, 0) is 28.9 Å². The summed E-state index contributed by atoms with van der Waals surface area (Å²) in [5.74, 6) is 0.0741. The molecule has 1 aromatic carbocycles. The monoisotopic (exact) mass is 595 g/mol. The van der Waals surface area contributed by atoms with Crippen LogP contribution in [0.4, 0.5) is 5.00 Å². The summed E-state index contributed by atoms with van der Waals surface area (Å²) >= 11 is 2.63. The van der Waals surface area contributed by atoms with Crippen molar-refractivity contribution < 1.29 is 28.3 Å². The lowest BCUT2D eigenvalue weighted by Crippen LogP contribution is -2.25. The van der Waals surface area contributed by atoms with Crippen molar-refractivity contribution in [3.05, 3.63) is 70.3 Å². The molecule has 0 spiro atoms. The zero-order chi connectivity index (χ0) is 28.9. The number of hydrogen-bond acceptors (Lipinski definition) is 10. The fourth-order valence-corrected chi connectivity index (χ4v) is 6.70. The number of nitrogens with zero attached hydrogens (tertiary/aromatic N) is 3. The van der Waals surface area contributed by atoms with E-state index in [2.05, 4.69) is 20.8 Å². The Balaban J connectivity index is 1.38. The minimum absolute atomic E-state index is 0.0510. The predicted octanol–water partition coefficient (Wildman–Crippen LogP) is 4.65. The van der Waals surface area contributed by atoms with Crippen molar-refractivity contribution in [3.8, 4) is 11.4 Å². The number of thiophene rings is 1. The number of ether oxygens (including phenoxy) is 2. The number of benzene rings is 1. The molecule has 214 valence electrons. The van der Waals surface area contributed by atoms with Crippen LogP contribution >= 0.6 is 23.1 Å². The number of esters is 1. The number of para-hydroxylation sites is 2. The maximum Gasteiger partial charge on any atom is 0.341 e. The number of nitrogens with one attached hydrogen (secondary N) is 2. The standard InChI is InChI=1S/C28H29N5O6S2/c1-4-38-27(36)23-17-9-7-13-21(17)41-26(23)30-24(34)16(2)40-28-32-31-22(15-29-25(35)20-12-8-14-39-20)33(28)18-10-5-6-11-19(18)37-3/h5-6,8,10-12,14,16H,4,7,9,13,15H2,1-3H3,(H,29,35)(H,30,34)/t16-/m0/s1. The van der Waals surface area contributed by atoms with Gasteiger partial charge in [-0.15, -0.1) is 21.5 Å². The number of aromatic nitrogens is 3. The number of anilines is 1. The second-order valence-corrected chi connectivity index (χ2v) is 11.5. The fraction of sp³-hybridized carbons (Fsp3) is 0.321. The molecule has 11 nitrogen and oxygen atoms in total. The fourth-order valence-electron chi connectivity index (χ4n) is 4.54. The Morgan fingerprint density at radius 3 is 2.76 bits per heavy atom. The largest absolute Gasteiger partial charge is 0.495 e. The zero-order valence-corrected chi connectivity index (χ0v) is 24.4. The van der Waals surface area contributed by atoms with Gasteiger partial charge in [-0.1, -0.05) is 23.9 Å². The number of amides is 2. The van der Waals surface area contributed by atoms with Crippen molar-refractivity contribution in [1.29, 1.82) is 0 Å². The summed E-state index contributed by atoms with van der Waals surface area (Å²) in [7, 11) is 1.56. The molecule has 13 heteroatoms. The molecule has 0 unspecified atom stereocenters. The van der Waals surface area contributed by atoms with Crippen LogP contribution in [0.5, 0.6) is 5.75 Å². The van der Waals surface area contributed by atoms with E-state index in [1.807, 2.05) is 18.2 Å². The number of rotatable bonds is 11. The van der Waals surface area contributed by atoms with Crippen molar-refractivity contribution in [3.63, 3.8) is 0 Å². The van der Waals surface area contributed by atoms with Crippen molar-refractivity contribution in [1.82, 2.24) is 20.1 Å². The van der Waals surface area contributed by atoms with Gasteiger partial charge in [0.15, 0.2) is 16.7 Å². The molecule has 3 heterocycles. The van der Waals surface area contributed by atoms with Gasteiger partial charge in [-0.05, 0) is 62.9 Å². The molecular weight excluding hydrogens is 566 g/mol. The first-order valence-corrected chi connectivity index (χ1v) is 14.8. The zero-order valence-electron chi connectivity index (χ0n) is 22.8. The van der Waals surface area contributed by atoms with Crippen molar-refractivity contribution in [2.45, 2.75) is 50.1 Å². The predicted molar refractivity (Wildman–Crippen MR) is 154 cm³/mol. The first kappa shape index (κ1) is 28.4. The second kappa shape index (κ2) is 12.6. The number of aryl methyl sites for hydroxylation is 1. The molecular formula is C28H29N5O6S2. The van der Waals surface area contributed by atoms with Crippen LogP contribution in [0, 0.1) is 0 Å². The summed E-state index contributed by atoms with van der Waals surface area (Å²) in [5, 5.41) is 14.7. The van der Waals surface area contributed by atoms with Gasteiger partial charge in [0, 0.05) is 4.88 Å². The molecule has 0 saturated heterocycles. The molecule has 3 aromatic heterocycles. The van der Waals surface area contributed by atoms with Gasteiger partial charge in [-0.3, -0.25) is 14.2 Å². The molecule has 4 aromatic rings. The highest BCUT2D eigenvalue weighted by Gasteiger charge is 2.30. The van der Waals surface area contributed by atoms with Crippen molar-refractivity contribution in [2.24, 2.45) is 0 Å². The van der Waals surface area contributed by atoms with E-state index in [0.717, 1.165) is 29.7 Å². The van der Waals surface area contributed by atoms with Crippen LogP contribution in [0.3, 0.4) is 0 Å².